The van der Waals surface area contributed by atoms with Gasteiger partial charge < -0.3 is 29.7 Å². The van der Waals surface area contributed by atoms with Crippen molar-refractivity contribution >= 4 is 28.4 Å². The van der Waals surface area contributed by atoms with Crippen molar-refractivity contribution in [1.29, 1.82) is 0 Å². The fourth-order valence-corrected chi connectivity index (χ4v) is 9.58. The maximum absolute atomic E-state index is 15.1. The van der Waals surface area contributed by atoms with E-state index < -0.39 is 40.6 Å². The van der Waals surface area contributed by atoms with Crippen LogP contribution in [-0.2, 0) is 31.8 Å². The Bertz CT molecular complexity index is 1710. The van der Waals surface area contributed by atoms with Gasteiger partial charge in [-0.05, 0) is 38.0 Å². The monoisotopic (exact) mass is 570 g/mol. The molecule has 3 fully saturated rings. The Morgan fingerprint density at radius 2 is 1.67 bits per heavy atom. The number of hydrogen-bond donors (Lipinski definition) is 3. The van der Waals surface area contributed by atoms with Crippen LogP contribution in [0.2, 0.25) is 0 Å². The van der Waals surface area contributed by atoms with Gasteiger partial charge in [-0.15, -0.1) is 0 Å². The second kappa shape index (κ2) is 7.56. The Kier molecular flexibility index (Phi) is 4.73. The van der Waals surface area contributed by atoms with Gasteiger partial charge in [-0.1, -0.05) is 57.2 Å². The van der Waals surface area contributed by atoms with E-state index >= 15 is 4.79 Å². The fourth-order valence-electron chi connectivity index (χ4n) is 9.58. The number of nitrogens with zero attached hydrogens (tertiary/aromatic N) is 3. The number of nitrogens with one attached hydrogen (secondary N) is 1. The van der Waals surface area contributed by atoms with E-state index in [1.54, 1.807) is 4.90 Å². The molecule has 0 bridgehead atoms. The smallest absolute Gasteiger partial charge is 0.279 e. The van der Waals surface area contributed by atoms with Gasteiger partial charge in [0.05, 0.1) is 0 Å². The maximum atomic E-state index is 15.1. The molecule has 6 atom stereocenters. The van der Waals surface area contributed by atoms with Crippen molar-refractivity contribution in [3.05, 3.63) is 65.4 Å². The molecular weight excluding hydrogens is 532 g/mol. The largest absolute Gasteiger partial charge is 0.378 e. The van der Waals surface area contributed by atoms with Crippen LogP contribution in [-0.4, -0.2) is 79.5 Å². The van der Waals surface area contributed by atoms with E-state index in [9.17, 15) is 15.0 Å². The lowest BCUT2D eigenvalue weighted by molar-refractivity contribution is -0.226. The molecule has 9 nitrogen and oxygen atoms in total. The summed E-state index contributed by atoms with van der Waals surface area (Å²) in [6.07, 6.45) is -0.505. The number of benzene rings is 2. The summed E-state index contributed by atoms with van der Waals surface area (Å²) >= 11 is 0. The highest BCUT2D eigenvalue weighted by Gasteiger charge is 2.91. The number of fused-ring (bicyclic) bond motifs is 8. The predicted molar refractivity (Wildman–Crippen MR) is 157 cm³/mol. The number of H-pyrrole nitrogens is 1. The number of anilines is 1. The number of piperazine rings is 1. The summed E-state index contributed by atoms with van der Waals surface area (Å²) in [5, 5.41) is 26.7. The number of rotatable bonds is 1. The molecule has 0 aliphatic carbocycles. The molecule has 5 aliphatic rings. The third kappa shape index (κ3) is 2.45. The van der Waals surface area contributed by atoms with Gasteiger partial charge in [0.2, 0.25) is 5.91 Å². The quantitative estimate of drug-likeness (QED) is 0.415. The maximum Gasteiger partial charge on any atom is 0.279 e. The van der Waals surface area contributed by atoms with E-state index in [2.05, 4.69) is 38.7 Å². The van der Waals surface area contributed by atoms with E-state index in [1.807, 2.05) is 54.3 Å². The molecule has 42 heavy (non-hydrogen) atoms. The Morgan fingerprint density at radius 3 is 2.40 bits per heavy atom. The van der Waals surface area contributed by atoms with Crippen LogP contribution in [0, 0.1) is 5.92 Å². The van der Waals surface area contributed by atoms with Crippen LogP contribution in [0.25, 0.3) is 10.9 Å². The first kappa shape index (κ1) is 26.2. The van der Waals surface area contributed by atoms with Crippen LogP contribution in [0.5, 0.6) is 0 Å². The molecule has 2 aromatic carbocycles. The summed E-state index contributed by atoms with van der Waals surface area (Å²) in [6, 6.07) is 14.7. The van der Waals surface area contributed by atoms with Gasteiger partial charge in [0, 0.05) is 64.8 Å². The number of aliphatic hydroxyl groups is 2. The number of carbonyl (C=O) groups excluding carboxylic acids is 2. The summed E-state index contributed by atoms with van der Waals surface area (Å²) in [6.45, 7) is 10.7. The SMILES string of the molecule is CO[C@@H]1[C@]2(O)c3ccccc3N3C(C)(C)[C@H](C)[C@]32N2C(=O)C3Cc4c([nH]c5ccccc45)C(C)(C)CCN3C(=O)[C@]12O. The number of methoxy groups -OCH3 is 1. The highest BCUT2D eigenvalue weighted by Crippen LogP contribution is 2.74. The van der Waals surface area contributed by atoms with E-state index in [0.717, 1.165) is 27.8 Å². The number of aromatic amines is 1. The van der Waals surface area contributed by atoms with E-state index in [4.69, 9.17) is 4.74 Å². The molecule has 3 aromatic rings. The van der Waals surface area contributed by atoms with Gasteiger partial charge in [0.1, 0.15) is 6.04 Å². The van der Waals surface area contributed by atoms with Crippen LogP contribution in [0.3, 0.4) is 0 Å². The average Bonchev–Trinajstić information content (AvgIpc) is 3.49. The Hall–Kier alpha value is -3.40. The minimum atomic E-state index is -2.39. The van der Waals surface area contributed by atoms with E-state index in [0.29, 0.717) is 18.4 Å². The number of ether oxygens (including phenoxy) is 1. The van der Waals surface area contributed by atoms with Crippen molar-refractivity contribution in [3.63, 3.8) is 0 Å². The molecule has 1 spiro atoms. The zero-order valence-electron chi connectivity index (χ0n) is 24.9. The normalized spacial score (nSPS) is 37.2. The summed E-state index contributed by atoms with van der Waals surface area (Å²) < 4.78 is 5.95. The van der Waals surface area contributed by atoms with Gasteiger partial charge in [-0.25, -0.2) is 0 Å². The molecule has 220 valence electrons. The van der Waals surface area contributed by atoms with Gasteiger partial charge >= 0.3 is 0 Å². The molecule has 0 saturated carbocycles. The molecule has 0 radical (unpaired) electrons. The fraction of sp³-hybridized carbons (Fsp3) is 0.515. The van der Waals surface area contributed by atoms with Crippen LogP contribution >= 0.6 is 0 Å². The summed E-state index contributed by atoms with van der Waals surface area (Å²) in [5.74, 6) is -1.27. The minimum absolute atomic E-state index is 0.288. The lowest BCUT2D eigenvalue weighted by Crippen LogP contribution is -2.88. The molecule has 8 rings (SSSR count). The number of aromatic nitrogens is 1. The standard InChI is InChI=1S/C33H38N4O5/c1-18-30(4,5)36-23-14-10-8-12-21(23)31(40)27(42-6)32(41)28(39)35-16-15-29(2,3)25-20(19-11-7-9-13-22(19)34-25)17-24(35)26(38)37(32)33(18,31)36/h7-14,18,24,27,34,40-41H,15-17H2,1-6H3/t18-,24?,27+,31+,32+,33+/m0/s1. The number of hydrogen-bond acceptors (Lipinski definition) is 6. The molecule has 3 saturated heterocycles. The third-order valence-electron chi connectivity index (χ3n) is 11.7. The van der Waals surface area contributed by atoms with Gasteiger partial charge in [-0.2, -0.15) is 0 Å². The molecule has 1 aromatic heterocycles. The minimum Gasteiger partial charge on any atom is -0.378 e. The highest BCUT2D eigenvalue weighted by atomic mass is 16.5. The van der Waals surface area contributed by atoms with E-state index in [1.165, 1.54) is 12.0 Å². The summed E-state index contributed by atoms with van der Waals surface area (Å²) in [5.41, 5.74) is -2.00. The predicted octanol–water partition coefficient (Wildman–Crippen LogP) is 2.98. The number of amides is 2. The first-order valence-electron chi connectivity index (χ1n) is 14.9. The van der Waals surface area contributed by atoms with Crippen molar-refractivity contribution in [3.8, 4) is 0 Å². The molecular formula is C33H38N4O5. The molecule has 3 N–H and O–H groups in total. The highest BCUT2D eigenvalue weighted by molar-refractivity contribution is 6.03. The number of carbonyl (C=O) groups is 2. The van der Waals surface area contributed by atoms with Crippen LogP contribution in [0.4, 0.5) is 5.69 Å². The Morgan fingerprint density at radius 1 is 0.976 bits per heavy atom. The lowest BCUT2D eigenvalue weighted by Gasteiger charge is -2.71. The zero-order chi connectivity index (χ0) is 29.8. The average molecular weight is 571 g/mol. The number of para-hydroxylation sites is 2. The molecule has 2 amide bonds. The second-order valence-corrected chi connectivity index (χ2v) is 14.1. The summed E-state index contributed by atoms with van der Waals surface area (Å²) in [4.78, 5) is 38.4. The van der Waals surface area contributed by atoms with Crippen molar-refractivity contribution in [2.75, 3.05) is 18.6 Å². The van der Waals surface area contributed by atoms with Crippen molar-refractivity contribution in [2.45, 2.75) is 87.5 Å². The first-order chi connectivity index (χ1) is 19.8. The molecule has 6 heterocycles. The van der Waals surface area contributed by atoms with Crippen molar-refractivity contribution in [1.82, 2.24) is 14.8 Å². The van der Waals surface area contributed by atoms with Gasteiger partial charge in [0.15, 0.2) is 17.4 Å². The van der Waals surface area contributed by atoms with Crippen LogP contribution < -0.4 is 4.90 Å². The second-order valence-electron chi connectivity index (χ2n) is 14.1. The molecule has 5 aliphatic heterocycles. The van der Waals surface area contributed by atoms with Crippen molar-refractivity contribution < 1.29 is 24.5 Å². The van der Waals surface area contributed by atoms with Gasteiger partial charge in [0.25, 0.3) is 11.6 Å². The zero-order valence-corrected chi connectivity index (χ0v) is 24.9. The van der Waals surface area contributed by atoms with Crippen LogP contribution in [0.1, 0.15) is 57.9 Å². The van der Waals surface area contributed by atoms with E-state index in [-0.39, 0.29) is 23.8 Å². The third-order valence-corrected chi connectivity index (χ3v) is 11.7. The topological polar surface area (TPSA) is 109 Å². The summed E-state index contributed by atoms with van der Waals surface area (Å²) in [7, 11) is 1.40. The lowest BCUT2D eigenvalue weighted by atomic mass is 9.61. The molecule has 1 unspecified atom stereocenters. The Labute approximate surface area is 245 Å². The van der Waals surface area contributed by atoms with Gasteiger partial charge in [-0.3, -0.25) is 14.5 Å². The molecule has 9 heteroatoms. The first-order valence-corrected chi connectivity index (χ1v) is 14.9. The van der Waals surface area contributed by atoms with Crippen molar-refractivity contribution in [2.24, 2.45) is 5.92 Å². The Balaban J connectivity index is 1.37. The van der Waals surface area contributed by atoms with Crippen LogP contribution in [0.15, 0.2) is 48.5 Å².